The Kier molecular flexibility index (Phi) is 4.73. The number of amides is 1. The molecule has 0 fully saturated rings. The molecule has 30 heavy (non-hydrogen) atoms. The van der Waals surface area contributed by atoms with Crippen LogP contribution >= 0.6 is 0 Å². The van der Waals surface area contributed by atoms with Crippen molar-refractivity contribution in [3.8, 4) is 11.3 Å². The summed E-state index contributed by atoms with van der Waals surface area (Å²) in [4.78, 5) is 24.5. The number of fused-ring (bicyclic) bond motifs is 2. The standard InChI is InChI=1S/C25H22N4O/c1-29-12-10-17-8-9-20(13-19(17)16-29)27-25(30)22-14-24(18-5-4-11-26-15-18)28-23-7-3-2-6-21(22)23/h2-9,11,13-15H,10,12,16H2,1H3,(H,27,30). The first-order valence-corrected chi connectivity index (χ1v) is 10.1. The van der Waals surface area contributed by atoms with Gasteiger partial charge in [-0.1, -0.05) is 24.3 Å². The van der Waals surface area contributed by atoms with Crippen molar-refractivity contribution in [2.75, 3.05) is 18.9 Å². The van der Waals surface area contributed by atoms with E-state index in [9.17, 15) is 4.79 Å². The minimum Gasteiger partial charge on any atom is -0.322 e. The van der Waals surface area contributed by atoms with E-state index in [1.807, 2.05) is 48.5 Å². The van der Waals surface area contributed by atoms with Gasteiger partial charge in [0.2, 0.25) is 0 Å². The molecule has 0 saturated carbocycles. The number of benzene rings is 2. The number of hydrogen-bond acceptors (Lipinski definition) is 4. The fraction of sp³-hybridized carbons (Fsp3) is 0.160. The fourth-order valence-corrected chi connectivity index (χ4v) is 4.00. The molecule has 0 saturated heterocycles. The van der Waals surface area contributed by atoms with Crippen LogP contribution in [0.4, 0.5) is 5.69 Å². The number of anilines is 1. The molecule has 5 heteroatoms. The molecule has 2 aromatic carbocycles. The van der Waals surface area contributed by atoms with Gasteiger partial charge in [-0.15, -0.1) is 0 Å². The molecular weight excluding hydrogens is 372 g/mol. The number of likely N-dealkylation sites (N-methyl/N-ethyl adjacent to an activating group) is 1. The maximum absolute atomic E-state index is 13.3. The van der Waals surface area contributed by atoms with Crippen molar-refractivity contribution in [2.24, 2.45) is 0 Å². The van der Waals surface area contributed by atoms with E-state index in [4.69, 9.17) is 4.98 Å². The van der Waals surface area contributed by atoms with Crippen LogP contribution in [0.25, 0.3) is 22.2 Å². The Morgan fingerprint density at radius 3 is 2.80 bits per heavy atom. The molecule has 5 nitrogen and oxygen atoms in total. The van der Waals surface area contributed by atoms with Gasteiger partial charge < -0.3 is 10.2 Å². The number of aromatic nitrogens is 2. The molecular formula is C25H22N4O. The highest BCUT2D eigenvalue weighted by Gasteiger charge is 2.17. The SMILES string of the molecule is CN1CCc2ccc(NC(=O)c3cc(-c4cccnc4)nc4ccccc34)cc2C1. The number of pyridine rings is 2. The molecule has 1 aliphatic rings. The van der Waals surface area contributed by atoms with E-state index < -0.39 is 0 Å². The van der Waals surface area contributed by atoms with Crippen molar-refractivity contribution in [3.63, 3.8) is 0 Å². The molecule has 0 atom stereocenters. The highest BCUT2D eigenvalue weighted by molar-refractivity contribution is 6.13. The Hall–Kier alpha value is -3.57. The molecule has 5 rings (SSSR count). The quantitative estimate of drug-likeness (QED) is 0.554. The summed E-state index contributed by atoms with van der Waals surface area (Å²) in [7, 11) is 2.12. The van der Waals surface area contributed by atoms with Gasteiger partial charge in [0.05, 0.1) is 16.8 Å². The summed E-state index contributed by atoms with van der Waals surface area (Å²) in [6, 6.07) is 19.6. The summed E-state index contributed by atoms with van der Waals surface area (Å²) in [6.45, 7) is 1.97. The van der Waals surface area contributed by atoms with Gasteiger partial charge >= 0.3 is 0 Å². The summed E-state index contributed by atoms with van der Waals surface area (Å²) in [5.74, 6) is -0.136. The van der Waals surface area contributed by atoms with Crippen LogP contribution in [0.5, 0.6) is 0 Å². The van der Waals surface area contributed by atoms with Gasteiger partial charge in [-0.2, -0.15) is 0 Å². The number of carbonyl (C=O) groups excluding carboxylic acids is 1. The van der Waals surface area contributed by atoms with E-state index in [2.05, 4.69) is 34.4 Å². The predicted molar refractivity (Wildman–Crippen MR) is 119 cm³/mol. The highest BCUT2D eigenvalue weighted by atomic mass is 16.1. The first kappa shape index (κ1) is 18.5. The summed E-state index contributed by atoms with van der Waals surface area (Å²) in [5, 5.41) is 3.93. The zero-order valence-corrected chi connectivity index (χ0v) is 16.8. The Bertz CT molecular complexity index is 1240. The second-order valence-electron chi connectivity index (χ2n) is 7.74. The summed E-state index contributed by atoms with van der Waals surface area (Å²) in [5.41, 5.74) is 6.47. The molecule has 0 bridgehead atoms. The fourth-order valence-electron chi connectivity index (χ4n) is 4.00. The van der Waals surface area contributed by atoms with Crippen LogP contribution in [-0.2, 0) is 13.0 Å². The Labute approximate surface area is 175 Å². The molecule has 0 spiro atoms. The van der Waals surface area contributed by atoms with Crippen molar-refractivity contribution in [3.05, 3.63) is 89.7 Å². The number of rotatable bonds is 3. The lowest BCUT2D eigenvalue weighted by Crippen LogP contribution is -2.26. The van der Waals surface area contributed by atoms with Crippen LogP contribution in [0, 0.1) is 0 Å². The van der Waals surface area contributed by atoms with Crippen LogP contribution in [0.15, 0.2) is 73.1 Å². The topological polar surface area (TPSA) is 58.1 Å². The number of carbonyl (C=O) groups is 1. The van der Waals surface area contributed by atoms with Gasteiger partial charge in [0, 0.05) is 42.1 Å². The molecule has 1 N–H and O–H groups in total. The Balaban J connectivity index is 1.52. The number of nitrogens with zero attached hydrogens (tertiary/aromatic N) is 3. The lowest BCUT2D eigenvalue weighted by Gasteiger charge is -2.25. The van der Waals surface area contributed by atoms with Gasteiger partial charge in [0.1, 0.15) is 0 Å². The van der Waals surface area contributed by atoms with E-state index in [-0.39, 0.29) is 5.91 Å². The smallest absolute Gasteiger partial charge is 0.256 e. The lowest BCUT2D eigenvalue weighted by molar-refractivity contribution is 0.102. The van der Waals surface area contributed by atoms with E-state index >= 15 is 0 Å². The predicted octanol–water partition coefficient (Wildman–Crippen LogP) is 4.54. The van der Waals surface area contributed by atoms with Crippen LogP contribution in [-0.4, -0.2) is 34.4 Å². The maximum Gasteiger partial charge on any atom is 0.256 e. The number of nitrogens with one attached hydrogen (secondary N) is 1. The van der Waals surface area contributed by atoms with E-state index in [1.165, 1.54) is 11.1 Å². The van der Waals surface area contributed by atoms with Gasteiger partial charge in [-0.05, 0) is 61.0 Å². The summed E-state index contributed by atoms with van der Waals surface area (Å²) < 4.78 is 0. The van der Waals surface area contributed by atoms with Crippen LogP contribution in [0.1, 0.15) is 21.5 Å². The second kappa shape index (κ2) is 7.69. The van der Waals surface area contributed by atoms with Crippen molar-refractivity contribution >= 4 is 22.5 Å². The third kappa shape index (κ3) is 3.55. The third-order valence-corrected chi connectivity index (χ3v) is 5.59. The monoisotopic (exact) mass is 394 g/mol. The Morgan fingerprint density at radius 2 is 1.93 bits per heavy atom. The number of hydrogen-bond donors (Lipinski definition) is 1. The molecule has 148 valence electrons. The molecule has 3 heterocycles. The van der Waals surface area contributed by atoms with Crippen molar-refractivity contribution < 1.29 is 4.79 Å². The molecule has 0 unspecified atom stereocenters. The Morgan fingerprint density at radius 1 is 1.03 bits per heavy atom. The van der Waals surface area contributed by atoms with Gasteiger partial charge in [0.25, 0.3) is 5.91 Å². The summed E-state index contributed by atoms with van der Waals surface area (Å²) >= 11 is 0. The molecule has 0 radical (unpaired) electrons. The lowest BCUT2D eigenvalue weighted by atomic mass is 9.99. The molecule has 2 aromatic heterocycles. The highest BCUT2D eigenvalue weighted by Crippen LogP contribution is 2.26. The average molecular weight is 394 g/mol. The first-order valence-electron chi connectivity index (χ1n) is 10.1. The zero-order chi connectivity index (χ0) is 20.5. The molecule has 1 aliphatic heterocycles. The van der Waals surface area contributed by atoms with E-state index in [0.29, 0.717) is 5.56 Å². The zero-order valence-electron chi connectivity index (χ0n) is 16.8. The van der Waals surface area contributed by atoms with Crippen molar-refractivity contribution in [1.29, 1.82) is 0 Å². The van der Waals surface area contributed by atoms with E-state index in [0.717, 1.165) is 47.4 Å². The minimum atomic E-state index is -0.136. The second-order valence-corrected chi connectivity index (χ2v) is 7.74. The molecule has 0 aliphatic carbocycles. The van der Waals surface area contributed by atoms with Crippen molar-refractivity contribution in [2.45, 2.75) is 13.0 Å². The molecule has 4 aromatic rings. The average Bonchev–Trinajstić information content (AvgIpc) is 2.78. The van der Waals surface area contributed by atoms with Crippen LogP contribution in [0.3, 0.4) is 0 Å². The van der Waals surface area contributed by atoms with Gasteiger partial charge in [0.15, 0.2) is 0 Å². The first-order chi connectivity index (χ1) is 14.7. The van der Waals surface area contributed by atoms with Crippen LogP contribution < -0.4 is 5.32 Å². The maximum atomic E-state index is 13.3. The largest absolute Gasteiger partial charge is 0.322 e. The van der Waals surface area contributed by atoms with Crippen LogP contribution in [0.2, 0.25) is 0 Å². The minimum absolute atomic E-state index is 0.136. The van der Waals surface area contributed by atoms with Gasteiger partial charge in [-0.25, -0.2) is 4.98 Å². The van der Waals surface area contributed by atoms with Gasteiger partial charge in [-0.3, -0.25) is 9.78 Å². The normalized spacial score (nSPS) is 13.8. The van der Waals surface area contributed by atoms with Crippen molar-refractivity contribution in [1.82, 2.24) is 14.9 Å². The number of para-hydroxylation sites is 1. The summed E-state index contributed by atoms with van der Waals surface area (Å²) in [6.07, 6.45) is 4.54. The molecule has 1 amide bonds. The third-order valence-electron chi connectivity index (χ3n) is 5.59. The van der Waals surface area contributed by atoms with E-state index in [1.54, 1.807) is 12.4 Å².